The molecule has 3 aliphatic heterocycles. The summed E-state index contributed by atoms with van der Waals surface area (Å²) in [4.78, 5) is 27.6. The van der Waals surface area contributed by atoms with Gasteiger partial charge in [-0.3, -0.25) is 9.69 Å². The van der Waals surface area contributed by atoms with Gasteiger partial charge in [-0.1, -0.05) is 0 Å². The lowest BCUT2D eigenvalue weighted by Gasteiger charge is -2.47. The molecule has 3 aliphatic rings. The summed E-state index contributed by atoms with van der Waals surface area (Å²) in [5.74, 6) is 0.940. The molecule has 1 spiro atoms. The van der Waals surface area contributed by atoms with Crippen LogP contribution in [-0.2, 0) is 9.53 Å². The van der Waals surface area contributed by atoms with Crippen molar-refractivity contribution in [3.8, 4) is 0 Å². The molecule has 8 nitrogen and oxygen atoms in total. The summed E-state index contributed by atoms with van der Waals surface area (Å²) < 4.78 is 5.93. The minimum atomic E-state index is -0.420. The number of aromatic nitrogens is 2. The normalized spacial score (nSPS) is 26.3. The van der Waals surface area contributed by atoms with Crippen molar-refractivity contribution in [3.05, 3.63) is 18.5 Å². The highest BCUT2D eigenvalue weighted by molar-refractivity contribution is 5.78. The third kappa shape index (κ3) is 4.07. The van der Waals surface area contributed by atoms with Crippen LogP contribution in [0.4, 0.5) is 5.95 Å². The van der Waals surface area contributed by atoms with Crippen molar-refractivity contribution in [1.82, 2.24) is 19.8 Å². The second-order valence-electron chi connectivity index (χ2n) is 7.76. The van der Waals surface area contributed by atoms with Gasteiger partial charge in [0.2, 0.25) is 11.9 Å². The molecular formula is C19H29N5O3. The molecule has 1 atom stereocenters. The van der Waals surface area contributed by atoms with E-state index in [4.69, 9.17) is 4.74 Å². The van der Waals surface area contributed by atoms with Crippen molar-refractivity contribution in [2.24, 2.45) is 0 Å². The van der Waals surface area contributed by atoms with Crippen LogP contribution in [0, 0.1) is 0 Å². The maximum atomic E-state index is 12.7. The first-order valence-electron chi connectivity index (χ1n) is 10.0. The number of carbonyl (C=O) groups is 1. The number of nitrogens with zero attached hydrogens (tertiary/aromatic N) is 5. The molecule has 0 bridgehead atoms. The monoisotopic (exact) mass is 375 g/mol. The molecule has 4 heterocycles. The summed E-state index contributed by atoms with van der Waals surface area (Å²) in [5.41, 5.74) is -0.420. The standard InChI is InChI=1S/C19H29N5O3/c25-16-3-1-14-27-19(16)4-8-23(9-5-19)17(26)15-22-10-12-24(13-11-22)18-20-6-2-7-21-18/h2,6-7,16,25H,1,3-5,8-15H2/t16-/m0/s1. The molecule has 0 unspecified atom stereocenters. The van der Waals surface area contributed by atoms with Crippen molar-refractivity contribution in [3.63, 3.8) is 0 Å². The number of piperazine rings is 1. The summed E-state index contributed by atoms with van der Waals surface area (Å²) in [7, 11) is 0. The second-order valence-corrected chi connectivity index (χ2v) is 7.76. The Balaban J connectivity index is 1.24. The van der Waals surface area contributed by atoms with Gasteiger partial charge in [-0.2, -0.15) is 0 Å². The second kappa shape index (κ2) is 8.08. The van der Waals surface area contributed by atoms with E-state index in [0.29, 0.717) is 19.6 Å². The Hall–Kier alpha value is -1.77. The molecular weight excluding hydrogens is 346 g/mol. The number of aliphatic hydroxyl groups is 1. The molecule has 148 valence electrons. The number of likely N-dealkylation sites (tertiary alicyclic amines) is 1. The quantitative estimate of drug-likeness (QED) is 0.804. The van der Waals surface area contributed by atoms with Crippen molar-refractivity contribution in [1.29, 1.82) is 0 Å². The molecule has 4 rings (SSSR count). The summed E-state index contributed by atoms with van der Waals surface area (Å²) in [6.07, 6.45) is 6.33. The smallest absolute Gasteiger partial charge is 0.236 e. The Morgan fingerprint density at radius 2 is 1.85 bits per heavy atom. The first-order valence-corrected chi connectivity index (χ1v) is 10.0. The third-order valence-corrected chi connectivity index (χ3v) is 6.15. The Morgan fingerprint density at radius 3 is 2.52 bits per heavy atom. The van der Waals surface area contributed by atoms with E-state index in [9.17, 15) is 9.90 Å². The number of amides is 1. The topological polar surface area (TPSA) is 82.0 Å². The van der Waals surface area contributed by atoms with Crippen molar-refractivity contribution in [2.45, 2.75) is 37.4 Å². The van der Waals surface area contributed by atoms with Crippen LogP contribution in [0.15, 0.2) is 18.5 Å². The van der Waals surface area contributed by atoms with Crippen LogP contribution in [0.2, 0.25) is 0 Å². The van der Waals surface area contributed by atoms with E-state index in [-0.39, 0.29) is 5.91 Å². The van der Waals surface area contributed by atoms with Crippen LogP contribution in [0.5, 0.6) is 0 Å². The number of carbonyl (C=O) groups excluding carboxylic acids is 1. The van der Waals surface area contributed by atoms with E-state index < -0.39 is 11.7 Å². The zero-order valence-electron chi connectivity index (χ0n) is 15.8. The zero-order valence-corrected chi connectivity index (χ0v) is 15.8. The predicted octanol–water partition coefficient (Wildman–Crippen LogP) is 0.131. The molecule has 0 saturated carbocycles. The molecule has 0 radical (unpaired) electrons. The lowest BCUT2D eigenvalue weighted by molar-refractivity contribution is -0.180. The van der Waals surface area contributed by atoms with Gasteiger partial charge in [0.1, 0.15) is 0 Å². The highest BCUT2D eigenvalue weighted by atomic mass is 16.5. The number of hydrogen-bond acceptors (Lipinski definition) is 7. The van der Waals surface area contributed by atoms with Crippen LogP contribution in [0.1, 0.15) is 25.7 Å². The summed E-state index contributed by atoms with van der Waals surface area (Å²) >= 11 is 0. The molecule has 8 heteroatoms. The number of rotatable bonds is 3. The molecule has 3 fully saturated rings. The van der Waals surface area contributed by atoms with E-state index in [1.54, 1.807) is 12.4 Å². The predicted molar refractivity (Wildman–Crippen MR) is 100 cm³/mol. The lowest BCUT2D eigenvalue weighted by Crippen LogP contribution is -2.57. The van der Waals surface area contributed by atoms with E-state index in [0.717, 1.165) is 64.4 Å². The summed E-state index contributed by atoms with van der Waals surface area (Å²) in [6, 6.07) is 1.82. The van der Waals surface area contributed by atoms with Gasteiger partial charge in [-0.25, -0.2) is 9.97 Å². The fraction of sp³-hybridized carbons (Fsp3) is 0.737. The van der Waals surface area contributed by atoms with Crippen LogP contribution in [0.25, 0.3) is 0 Å². The molecule has 0 aromatic carbocycles. The average molecular weight is 375 g/mol. The van der Waals surface area contributed by atoms with Gasteiger partial charge < -0.3 is 19.6 Å². The Kier molecular flexibility index (Phi) is 5.56. The minimum Gasteiger partial charge on any atom is -0.390 e. The van der Waals surface area contributed by atoms with Gasteiger partial charge in [0.05, 0.1) is 18.2 Å². The first-order chi connectivity index (χ1) is 13.2. The van der Waals surface area contributed by atoms with Crippen LogP contribution >= 0.6 is 0 Å². The van der Waals surface area contributed by atoms with E-state index in [2.05, 4.69) is 19.8 Å². The van der Waals surface area contributed by atoms with Gasteiger partial charge in [-0.05, 0) is 31.7 Å². The first kappa shape index (κ1) is 18.6. The van der Waals surface area contributed by atoms with E-state index >= 15 is 0 Å². The van der Waals surface area contributed by atoms with Crippen LogP contribution < -0.4 is 4.90 Å². The van der Waals surface area contributed by atoms with Crippen molar-refractivity contribution in [2.75, 3.05) is 57.3 Å². The molecule has 3 saturated heterocycles. The summed E-state index contributed by atoms with van der Waals surface area (Å²) in [5, 5.41) is 10.3. The molecule has 1 aromatic rings. The maximum Gasteiger partial charge on any atom is 0.236 e. The zero-order chi connectivity index (χ0) is 18.7. The summed E-state index contributed by atoms with van der Waals surface area (Å²) in [6.45, 7) is 5.87. The maximum absolute atomic E-state index is 12.7. The van der Waals surface area contributed by atoms with Crippen molar-refractivity contribution < 1.29 is 14.6 Å². The number of anilines is 1. The average Bonchev–Trinajstić information content (AvgIpc) is 2.72. The van der Waals surface area contributed by atoms with Crippen molar-refractivity contribution >= 4 is 11.9 Å². The fourth-order valence-electron chi connectivity index (χ4n) is 4.38. The highest BCUT2D eigenvalue weighted by Crippen LogP contribution is 2.35. The SMILES string of the molecule is O=C(CN1CCN(c2ncccn2)CC1)N1CCC2(CC1)OCCC[C@@H]2O. The largest absolute Gasteiger partial charge is 0.390 e. The number of hydrogen-bond donors (Lipinski definition) is 1. The number of ether oxygens (including phenoxy) is 1. The Morgan fingerprint density at radius 1 is 1.15 bits per heavy atom. The number of piperidine rings is 1. The Labute approximate surface area is 160 Å². The van der Waals surface area contributed by atoms with Gasteiger partial charge in [0, 0.05) is 58.3 Å². The van der Waals surface area contributed by atoms with E-state index in [1.165, 1.54) is 0 Å². The molecule has 1 aromatic heterocycles. The van der Waals surface area contributed by atoms with Crippen LogP contribution in [-0.4, -0.2) is 94.9 Å². The molecule has 1 N–H and O–H groups in total. The number of aliphatic hydroxyl groups excluding tert-OH is 1. The van der Waals surface area contributed by atoms with Gasteiger partial charge in [0.15, 0.2) is 0 Å². The lowest BCUT2D eigenvalue weighted by atomic mass is 9.82. The molecule has 27 heavy (non-hydrogen) atoms. The minimum absolute atomic E-state index is 0.180. The highest BCUT2D eigenvalue weighted by Gasteiger charge is 2.44. The van der Waals surface area contributed by atoms with Gasteiger partial charge in [0.25, 0.3) is 0 Å². The molecule has 0 aliphatic carbocycles. The van der Waals surface area contributed by atoms with Gasteiger partial charge in [-0.15, -0.1) is 0 Å². The fourth-order valence-corrected chi connectivity index (χ4v) is 4.38. The van der Waals surface area contributed by atoms with Gasteiger partial charge >= 0.3 is 0 Å². The van der Waals surface area contributed by atoms with E-state index in [1.807, 2.05) is 11.0 Å². The Bertz CT molecular complexity index is 627. The third-order valence-electron chi connectivity index (χ3n) is 6.15. The molecule has 1 amide bonds. The van der Waals surface area contributed by atoms with Crippen LogP contribution in [0.3, 0.4) is 0 Å².